The van der Waals surface area contributed by atoms with Crippen molar-refractivity contribution in [1.82, 2.24) is 0 Å². The second-order valence-corrected chi connectivity index (χ2v) is 3.07. The Bertz CT molecular complexity index is 136. The van der Waals surface area contributed by atoms with Crippen LogP contribution in [0.2, 0.25) is 0 Å². The number of nitrogens with two attached hydrogens (primary N) is 2. The summed E-state index contributed by atoms with van der Waals surface area (Å²) in [5, 5.41) is 7.19. The van der Waals surface area contributed by atoms with Gasteiger partial charge in [0.2, 0.25) is 0 Å². The smallest absolute Gasteiger partial charge is 0.290 e. The molecule has 1 saturated carbocycles. The van der Waals surface area contributed by atoms with Gasteiger partial charge in [-0.2, -0.15) is 0 Å². The third-order valence-electron chi connectivity index (χ3n) is 2.22. The number of quaternary nitrogens is 1. The van der Waals surface area contributed by atoms with Crippen molar-refractivity contribution in [3.8, 4) is 0 Å². The van der Waals surface area contributed by atoms with E-state index in [1.165, 1.54) is 38.6 Å². The highest BCUT2D eigenvalue weighted by molar-refractivity contribution is 5.61. The van der Waals surface area contributed by atoms with Crippen LogP contribution in [0.3, 0.4) is 0 Å². The molecule has 3 heteroatoms. The molecule has 1 aliphatic rings. The van der Waals surface area contributed by atoms with Crippen molar-refractivity contribution in [1.29, 1.82) is 0 Å². The summed E-state index contributed by atoms with van der Waals surface area (Å²) in [4.78, 5) is 3.80. The van der Waals surface area contributed by atoms with Crippen LogP contribution >= 0.6 is 0 Å². The summed E-state index contributed by atoms with van der Waals surface area (Å²) in [5.74, 6) is 0.916. The number of nitrogens with zero attached hydrogens (tertiary/aromatic N) is 1. The summed E-state index contributed by atoms with van der Waals surface area (Å²) in [7, 11) is 0. The maximum Gasteiger partial charge on any atom is 0.295 e. The van der Waals surface area contributed by atoms with Crippen LogP contribution < -0.4 is 10.7 Å². The zero-order valence-corrected chi connectivity index (χ0v) is 6.87. The van der Waals surface area contributed by atoms with Gasteiger partial charge in [0.25, 0.3) is 12.7 Å². The molecule has 0 heterocycles. The summed E-state index contributed by atoms with van der Waals surface area (Å²) in [6, 6.07) is 0. The highest BCUT2D eigenvalue weighted by Gasteiger charge is 2.15. The van der Waals surface area contributed by atoms with E-state index in [1.54, 1.807) is 6.34 Å². The first-order chi connectivity index (χ1) is 5.43. The Labute approximate surface area is 67.4 Å². The topological polar surface area (TPSA) is 54.6 Å². The van der Waals surface area contributed by atoms with Crippen molar-refractivity contribution >= 4 is 12.7 Å². The van der Waals surface area contributed by atoms with E-state index in [0.29, 0.717) is 0 Å². The molecule has 0 aliphatic heterocycles. The highest BCUT2D eigenvalue weighted by Crippen LogP contribution is 2.22. The van der Waals surface area contributed by atoms with Crippen molar-refractivity contribution in [3.63, 3.8) is 0 Å². The van der Waals surface area contributed by atoms with E-state index in [-0.39, 0.29) is 0 Å². The molecule has 1 aliphatic carbocycles. The van der Waals surface area contributed by atoms with Gasteiger partial charge in [0.05, 0.1) is 6.54 Å². The van der Waals surface area contributed by atoms with Gasteiger partial charge in [-0.15, -0.1) is 0 Å². The maximum atomic E-state index is 5.08. The van der Waals surface area contributed by atoms with E-state index < -0.39 is 0 Å². The number of hydrogen-bond donors (Lipinski definition) is 2. The van der Waals surface area contributed by atoms with Gasteiger partial charge in [-0.05, 0) is 17.8 Å². The molecule has 0 amide bonds. The van der Waals surface area contributed by atoms with Crippen LogP contribution in [0, 0.1) is 5.92 Å². The summed E-state index contributed by atoms with van der Waals surface area (Å²) in [5.41, 5.74) is 0. The van der Waals surface area contributed by atoms with Gasteiger partial charge in [0.1, 0.15) is 0 Å². The lowest BCUT2D eigenvalue weighted by atomic mass is 10.1. The summed E-state index contributed by atoms with van der Waals surface area (Å²) >= 11 is 0. The van der Waals surface area contributed by atoms with Gasteiger partial charge in [-0.1, -0.05) is 12.8 Å². The van der Waals surface area contributed by atoms with E-state index in [4.69, 9.17) is 5.41 Å². The molecule has 4 N–H and O–H groups in total. The minimum absolute atomic E-state index is 0.916. The number of rotatable bonds is 4. The van der Waals surface area contributed by atoms with Crippen molar-refractivity contribution in [2.75, 3.05) is 6.54 Å². The lowest BCUT2D eigenvalue weighted by Crippen LogP contribution is -2.84. The van der Waals surface area contributed by atoms with E-state index in [9.17, 15) is 0 Å². The summed E-state index contributed by atoms with van der Waals surface area (Å²) < 4.78 is 0. The van der Waals surface area contributed by atoms with E-state index in [1.807, 2.05) is 0 Å². The molecule has 0 atom stereocenters. The molecular formula is C8H17N3+2. The standard InChI is InChI=1S/C8H15N3/c9-6-11-7-10-5-8-3-1-2-4-8/h6-8H,1-5H2,(H2,9,10,11)/p+2. The van der Waals surface area contributed by atoms with Crippen molar-refractivity contribution in [2.45, 2.75) is 25.7 Å². The van der Waals surface area contributed by atoms with Gasteiger partial charge in [-0.3, -0.25) is 10.7 Å². The largest absolute Gasteiger partial charge is 0.295 e. The molecule has 62 valence electrons. The molecular weight excluding hydrogens is 138 g/mol. The van der Waals surface area contributed by atoms with Crippen LogP contribution in [0.5, 0.6) is 0 Å². The quantitative estimate of drug-likeness (QED) is 0.369. The van der Waals surface area contributed by atoms with Crippen molar-refractivity contribution in [3.05, 3.63) is 0 Å². The third kappa shape index (κ3) is 3.28. The average Bonchev–Trinajstić information content (AvgIpc) is 2.50. The minimum atomic E-state index is 0.916. The van der Waals surface area contributed by atoms with E-state index >= 15 is 0 Å². The van der Waals surface area contributed by atoms with Crippen molar-refractivity contribution in [2.24, 2.45) is 10.9 Å². The molecule has 1 fully saturated rings. The molecule has 0 aromatic rings. The van der Waals surface area contributed by atoms with Crippen LogP contribution in [0.1, 0.15) is 25.7 Å². The Hall–Kier alpha value is -0.700. The second kappa shape index (κ2) is 5.02. The first-order valence-electron chi connectivity index (χ1n) is 4.32. The van der Waals surface area contributed by atoms with Gasteiger partial charge in [0.15, 0.2) is 0 Å². The van der Waals surface area contributed by atoms with Crippen LogP contribution in [-0.2, 0) is 0 Å². The lowest BCUT2D eigenvalue weighted by molar-refractivity contribution is -0.537. The van der Waals surface area contributed by atoms with Gasteiger partial charge >= 0.3 is 0 Å². The monoisotopic (exact) mass is 155 g/mol. The molecule has 0 spiro atoms. The third-order valence-corrected chi connectivity index (χ3v) is 2.22. The Morgan fingerprint density at radius 3 is 2.82 bits per heavy atom. The fraction of sp³-hybridized carbons (Fsp3) is 0.750. The lowest BCUT2D eigenvalue weighted by Gasteiger charge is -2.01. The Morgan fingerprint density at radius 2 is 2.18 bits per heavy atom. The molecule has 0 radical (unpaired) electrons. The first kappa shape index (κ1) is 8.40. The fourth-order valence-corrected chi connectivity index (χ4v) is 1.61. The zero-order valence-electron chi connectivity index (χ0n) is 6.87. The molecule has 0 aromatic carbocycles. The molecule has 11 heavy (non-hydrogen) atoms. The van der Waals surface area contributed by atoms with E-state index in [2.05, 4.69) is 10.3 Å². The molecule has 0 unspecified atom stereocenters. The Balaban J connectivity index is 2.01. The second-order valence-electron chi connectivity index (χ2n) is 3.07. The zero-order chi connectivity index (χ0) is 7.94. The normalized spacial score (nSPS) is 19.6. The first-order valence-corrected chi connectivity index (χ1v) is 4.32. The molecule has 0 aromatic heterocycles. The summed E-state index contributed by atoms with van der Waals surface area (Å²) in [6.45, 7) is 1.18. The molecule has 0 bridgehead atoms. The maximum absolute atomic E-state index is 5.08. The number of hydrogen-bond acceptors (Lipinski definition) is 0. The van der Waals surface area contributed by atoms with Crippen LogP contribution in [0.25, 0.3) is 0 Å². The van der Waals surface area contributed by atoms with Crippen molar-refractivity contribution < 1.29 is 10.7 Å². The fourth-order valence-electron chi connectivity index (χ4n) is 1.61. The van der Waals surface area contributed by atoms with Crippen LogP contribution in [-0.4, -0.2) is 19.2 Å². The predicted molar refractivity (Wildman–Crippen MR) is 45.2 cm³/mol. The Kier molecular flexibility index (Phi) is 3.83. The van der Waals surface area contributed by atoms with Gasteiger partial charge < -0.3 is 0 Å². The Morgan fingerprint density at radius 1 is 1.45 bits per heavy atom. The van der Waals surface area contributed by atoms with Crippen LogP contribution in [0.4, 0.5) is 0 Å². The molecule has 0 saturated heterocycles. The van der Waals surface area contributed by atoms with E-state index in [0.717, 1.165) is 5.92 Å². The van der Waals surface area contributed by atoms with Gasteiger partial charge in [0, 0.05) is 5.92 Å². The summed E-state index contributed by atoms with van der Waals surface area (Å²) in [6.07, 6.45) is 8.74. The molecule has 1 rings (SSSR count). The van der Waals surface area contributed by atoms with Gasteiger partial charge in [-0.25, -0.2) is 0 Å². The molecule has 3 nitrogen and oxygen atoms in total. The number of aliphatic imine (C=N–C) groups is 1. The predicted octanol–water partition coefficient (Wildman–Crippen LogP) is -1.44. The van der Waals surface area contributed by atoms with Crippen LogP contribution in [0.15, 0.2) is 4.99 Å². The SMILES string of the molecule is [NH2+]=CN=C[NH2+]CC1CCCC1. The highest BCUT2D eigenvalue weighted by atomic mass is 14.9. The minimum Gasteiger partial charge on any atom is -0.290 e. The average molecular weight is 155 g/mol.